The van der Waals surface area contributed by atoms with Gasteiger partial charge in [-0.3, -0.25) is 0 Å². The van der Waals surface area contributed by atoms with Gasteiger partial charge in [0.15, 0.2) is 10.2 Å². The van der Waals surface area contributed by atoms with E-state index >= 15 is 0 Å². The first-order chi connectivity index (χ1) is 10.1. The van der Waals surface area contributed by atoms with Crippen LogP contribution in [0.3, 0.4) is 0 Å². The normalized spacial score (nSPS) is 9.86. The van der Waals surface area contributed by atoms with E-state index in [9.17, 15) is 0 Å². The van der Waals surface area contributed by atoms with Crippen LogP contribution in [0.4, 0.5) is 11.4 Å². The Labute approximate surface area is 142 Å². The first-order valence-corrected chi connectivity index (χ1v) is 8.15. The summed E-state index contributed by atoms with van der Waals surface area (Å²) in [6.07, 6.45) is 2.04. The van der Waals surface area contributed by atoms with Crippen LogP contribution in [0, 0.1) is 0 Å². The third kappa shape index (κ3) is 6.93. The maximum atomic E-state index is 6.24. The van der Waals surface area contributed by atoms with Crippen LogP contribution in [0.15, 0.2) is 18.2 Å². The molecule has 0 atom stereocenters. The topological polar surface area (TPSA) is 48.1 Å². The highest BCUT2D eigenvalue weighted by Gasteiger charge is 2.05. The number of nitrogens with one attached hydrogen (secondary N) is 4. The van der Waals surface area contributed by atoms with Gasteiger partial charge in [0, 0.05) is 18.8 Å². The predicted octanol–water partition coefficient (Wildman–Crippen LogP) is 3.73. The first-order valence-electron chi connectivity index (χ1n) is 6.96. The van der Waals surface area contributed by atoms with Crippen molar-refractivity contribution in [3.8, 4) is 0 Å². The lowest BCUT2D eigenvalue weighted by molar-refractivity contribution is 0.846. The van der Waals surface area contributed by atoms with Gasteiger partial charge in [0.2, 0.25) is 0 Å². The number of benzene rings is 1. The molecule has 0 aliphatic rings. The average molecular weight is 345 g/mol. The molecule has 0 heterocycles. The molecule has 0 aliphatic heterocycles. The van der Waals surface area contributed by atoms with Crippen LogP contribution in [-0.4, -0.2) is 23.3 Å². The van der Waals surface area contributed by atoms with Crippen LogP contribution in [0.1, 0.15) is 26.7 Å². The molecule has 0 radical (unpaired) electrons. The number of anilines is 2. The van der Waals surface area contributed by atoms with Crippen molar-refractivity contribution in [2.24, 2.45) is 0 Å². The molecular weight excluding hydrogens is 324 g/mol. The van der Waals surface area contributed by atoms with Crippen LogP contribution < -0.4 is 21.3 Å². The smallest absolute Gasteiger partial charge is 0.170 e. The molecule has 1 aromatic carbocycles. The van der Waals surface area contributed by atoms with E-state index in [2.05, 4.69) is 35.1 Å². The summed E-state index contributed by atoms with van der Waals surface area (Å²) in [6, 6.07) is 5.58. The van der Waals surface area contributed by atoms with Gasteiger partial charge in [-0.1, -0.05) is 25.4 Å². The third-order valence-corrected chi connectivity index (χ3v) is 3.35. The summed E-state index contributed by atoms with van der Waals surface area (Å²) in [7, 11) is 0. The van der Waals surface area contributed by atoms with Gasteiger partial charge < -0.3 is 21.3 Å². The molecule has 0 spiro atoms. The van der Waals surface area contributed by atoms with Crippen molar-refractivity contribution in [3.05, 3.63) is 23.2 Å². The Morgan fingerprint density at radius 2 is 1.57 bits per heavy atom. The average Bonchev–Trinajstić information content (AvgIpc) is 2.45. The molecule has 4 N–H and O–H groups in total. The van der Waals surface area contributed by atoms with Crippen molar-refractivity contribution in [3.63, 3.8) is 0 Å². The number of hydrogen-bond acceptors (Lipinski definition) is 2. The molecule has 0 fully saturated rings. The fourth-order valence-electron chi connectivity index (χ4n) is 1.51. The maximum absolute atomic E-state index is 6.24. The molecule has 0 saturated heterocycles. The second-order valence-corrected chi connectivity index (χ2v) is 5.68. The van der Waals surface area contributed by atoms with Crippen LogP contribution in [0.5, 0.6) is 0 Å². The van der Waals surface area contributed by atoms with Gasteiger partial charge in [0.05, 0.1) is 10.7 Å². The SMILES string of the molecule is CCCNC(=S)Nc1ccc(NC(=S)NCCC)c(Cl)c1. The van der Waals surface area contributed by atoms with Crippen molar-refractivity contribution in [1.29, 1.82) is 0 Å². The second kappa shape index (κ2) is 9.76. The van der Waals surface area contributed by atoms with Gasteiger partial charge in [0.25, 0.3) is 0 Å². The molecule has 7 heteroatoms. The highest BCUT2D eigenvalue weighted by Crippen LogP contribution is 2.25. The Hall–Kier alpha value is -1.11. The highest BCUT2D eigenvalue weighted by molar-refractivity contribution is 7.80. The van der Waals surface area contributed by atoms with Crippen LogP contribution in [0.2, 0.25) is 5.02 Å². The van der Waals surface area contributed by atoms with Crippen LogP contribution in [-0.2, 0) is 0 Å². The maximum Gasteiger partial charge on any atom is 0.170 e. The van der Waals surface area contributed by atoms with Gasteiger partial charge in [-0.05, 0) is 55.5 Å². The van der Waals surface area contributed by atoms with E-state index in [1.165, 1.54) is 0 Å². The minimum Gasteiger partial charge on any atom is -0.362 e. The summed E-state index contributed by atoms with van der Waals surface area (Å²) >= 11 is 16.6. The van der Waals surface area contributed by atoms with Gasteiger partial charge in [-0.15, -0.1) is 0 Å². The van der Waals surface area contributed by atoms with Crippen molar-refractivity contribution in [2.45, 2.75) is 26.7 Å². The minimum atomic E-state index is 0.569. The lowest BCUT2D eigenvalue weighted by atomic mass is 10.3. The van der Waals surface area contributed by atoms with E-state index in [0.717, 1.165) is 37.3 Å². The molecule has 0 saturated carbocycles. The summed E-state index contributed by atoms with van der Waals surface area (Å²) in [4.78, 5) is 0. The Morgan fingerprint density at radius 1 is 1.00 bits per heavy atom. The van der Waals surface area contributed by atoms with Crippen LogP contribution in [0.25, 0.3) is 0 Å². The fourth-order valence-corrected chi connectivity index (χ4v) is 2.17. The van der Waals surface area contributed by atoms with E-state index in [-0.39, 0.29) is 0 Å². The Morgan fingerprint density at radius 3 is 2.10 bits per heavy atom. The van der Waals surface area contributed by atoms with Crippen molar-refractivity contribution in [2.75, 3.05) is 23.7 Å². The second-order valence-electron chi connectivity index (χ2n) is 4.46. The highest BCUT2D eigenvalue weighted by atomic mass is 35.5. The summed E-state index contributed by atoms with van der Waals surface area (Å²) < 4.78 is 0. The van der Waals surface area contributed by atoms with E-state index in [0.29, 0.717) is 15.2 Å². The quantitative estimate of drug-likeness (QED) is 0.590. The number of thiocarbonyl (C=S) groups is 2. The van der Waals surface area contributed by atoms with E-state index in [1.807, 2.05) is 18.2 Å². The molecule has 1 aromatic rings. The summed E-state index contributed by atoms with van der Waals surface area (Å²) in [5.41, 5.74) is 1.61. The standard InChI is InChI=1S/C14H21ClN4S2/c1-3-7-16-13(20)18-10-5-6-12(11(15)9-10)19-14(21)17-8-4-2/h5-6,9H,3-4,7-8H2,1-2H3,(H2,16,18,20)(H2,17,19,21). The molecule has 0 bridgehead atoms. The van der Waals surface area contributed by atoms with Crippen molar-refractivity contribution >= 4 is 57.6 Å². The molecule has 1 rings (SSSR count). The fraction of sp³-hybridized carbons (Fsp3) is 0.429. The molecule has 4 nitrogen and oxygen atoms in total. The molecule has 0 amide bonds. The van der Waals surface area contributed by atoms with Crippen molar-refractivity contribution < 1.29 is 0 Å². The largest absolute Gasteiger partial charge is 0.362 e. The molecule has 0 aromatic heterocycles. The zero-order valence-corrected chi connectivity index (χ0v) is 14.6. The molecule has 21 heavy (non-hydrogen) atoms. The Bertz CT molecular complexity index is 494. The summed E-state index contributed by atoms with van der Waals surface area (Å²) in [5.74, 6) is 0. The number of halogens is 1. The van der Waals surface area contributed by atoms with E-state index in [1.54, 1.807) is 0 Å². The Balaban J connectivity index is 2.59. The number of rotatable bonds is 6. The monoisotopic (exact) mass is 344 g/mol. The lowest BCUT2D eigenvalue weighted by Crippen LogP contribution is -2.29. The van der Waals surface area contributed by atoms with Gasteiger partial charge >= 0.3 is 0 Å². The van der Waals surface area contributed by atoms with Crippen LogP contribution >= 0.6 is 36.0 Å². The minimum absolute atomic E-state index is 0.569. The molecule has 0 aliphatic carbocycles. The molecular formula is C14H21ClN4S2. The lowest BCUT2D eigenvalue weighted by Gasteiger charge is -2.13. The zero-order chi connectivity index (χ0) is 15.7. The van der Waals surface area contributed by atoms with Gasteiger partial charge in [0.1, 0.15) is 0 Å². The predicted molar refractivity (Wildman–Crippen MR) is 100 cm³/mol. The molecule has 116 valence electrons. The van der Waals surface area contributed by atoms with E-state index in [4.69, 9.17) is 36.0 Å². The zero-order valence-electron chi connectivity index (χ0n) is 12.3. The third-order valence-electron chi connectivity index (χ3n) is 2.55. The van der Waals surface area contributed by atoms with E-state index < -0.39 is 0 Å². The molecule has 0 unspecified atom stereocenters. The Kier molecular flexibility index (Phi) is 8.34. The van der Waals surface area contributed by atoms with Gasteiger partial charge in [-0.2, -0.15) is 0 Å². The first kappa shape index (κ1) is 17.9. The summed E-state index contributed by atoms with van der Waals surface area (Å²) in [5, 5.41) is 14.1. The van der Waals surface area contributed by atoms with Gasteiger partial charge in [-0.25, -0.2) is 0 Å². The van der Waals surface area contributed by atoms with Crippen molar-refractivity contribution in [1.82, 2.24) is 10.6 Å². The number of hydrogen-bond donors (Lipinski definition) is 4. The summed E-state index contributed by atoms with van der Waals surface area (Å²) in [6.45, 7) is 5.85.